The first kappa shape index (κ1) is 11.8. The van der Waals surface area contributed by atoms with Crippen LogP contribution in [0, 0.1) is 0 Å². The van der Waals surface area contributed by atoms with Crippen LogP contribution >= 0.6 is 0 Å². The highest BCUT2D eigenvalue weighted by Gasteiger charge is 2.08. The van der Waals surface area contributed by atoms with Crippen LogP contribution < -0.4 is 0 Å². The average molecular weight is 226 g/mol. The molecular formula is C15H18N2. The second-order valence-corrected chi connectivity index (χ2v) is 4.37. The lowest BCUT2D eigenvalue weighted by Crippen LogP contribution is -2.02. The van der Waals surface area contributed by atoms with Gasteiger partial charge in [-0.25, -0.2) is 0 Å². The van der Waals surface area contributed by atoms with Gasteiger partial charge in [0.15, 0.2) is 0 Å². The third-order valence-electron chi connectivity index (χ3n) is 3.00. The predicted molar refractivity (Wildman–Crippen MR) is 70.0 cm³/mol. The van der Waals surface area contributed by atoms with Gasteiger partial charge >= 0.3 is 0 Å². The molecule has 2 heteroatoms. The van der Waals surface area contributed by atoms with Crippen molar-refractivity contribution in [3.05, 3.63) is 59.7 Å². The minimum atomic E-state index is 0.413. The molecular weight excluding hydrogens is 208 g/mol. The Morgan fingerprint density at radius 3 is 2.71 bits per heavy atom. The standard InChI is InChI=1S/C15H18N2/c1-3-13-7-9-16-14(11-13)10-12(2)15-6-4-5-8-17-15/h4-9,11-12H,3,10H2,1-2H3. The number of hydrogen-bond donors (Lipinski definition) is 0. The second-order valence-electron chi connectivity index (χ2n) is 4.37. The first-order chi connectivity index (χ1) is 8.29. The SMILES string of the molecule is CCc1ccnc(CC(C)c2ccccn2)c1. The molecule has 0 aliphatic heterocycles. The smallest absolute Gasteiger partial charge is 0.0435 e. The highest BCUT2D eigenvalue weighted by Crippen LogP contribution is 2.17. The Morgan fingerprint density at radius 1 is 1.12 bits per heavy atom. The Balaban J connectivity index is 2.10. The van der Waals surface area contributed by atoms with Crippen molar-refractivity contribution >= 4 is 0 Å². The zero-order valence-corrected chi connectivity index (χ0v) is 10.4. The first-order valence-electron chi connectivity index (χ1n) is 6.14. The van der Waals surface area contributed by atoms with Gasteiger partial charge < -0.3 is 0 Å². The summed E-state index contributed by atoms with van der Waals surface area (Å²) in [5.74, 6) is 0.413. The zero-order valence-electron chi connectivity index (χ0n) is 10.4. The molecule has 17 heavy (non-hydrogen) atoms. The molecule has 2 rings (SSSR count). The van der Waals surface area contributed by atoms with Crippen molar-refractivity contribution in [1.29, 1.82) is 0 Å². The lowest BCUT2D eigenvalue weighted by atomic mass is 10.00. The van der Waals surface area contributed by atoms with E-state index in [1.54, 1.807) is 0 Å². The van der Waals surface area contributed by atoms with Gasteiger partial charge in [0.25, 0.3) is 0 Å². The molecule has 0 radical (unpaired) electrons. The van der Waals surface area contributed by atoms with Crippen molar-refractivity contribution in [2.24, 2.45) is 0 Å². The minimum absolute atomic E-state index is 0.413. The van der Waals surface area contributed by atoms with Crippen molar-refractivity contribution in [2.45, 2.75) is 32.6 Å². The van der Waals surface area contributed by atoms with Crippen LogP contribution in [-0.4, -0.2) is 9.97 Å². The van der Waals surface area contributed by atoms with Crippen LogP contribution in [0.2, 0.25) is 0 Å². The molecule has 88 valence electrons. The normalized spacial score (nSPS) is 12.4. The molecule has 2 heterocycles. The Labute approximate surface area is 103 Å². The van der Waals surface area contributed by atoms with Gasteiger partial charge in [-0.05, 0) is 42.7 Å². The van der Waals surface area contributed by atoms with E-state index in [4.69, 9.17) is 0 Å². The monoisotopic (exact) mass is 226 g/mol. The topological polar surface area (TPSA) is 25.8 Å². The maximum absolute atomic E-state index is 4.43. The summed E-state index contributed by atoms with van der Waals surface area (Å²) in [4.78, 5) is 8.81. The molecule has 0 amide bonds. The molecule has 1 atom stereocenters. The van der Waals surface area contributed by atoms with Gasteiger partial charge in [-0.1, -0.05) is 19.9 Å². The summed E-state index contributed by atoms with van der Waals surface area (Å²) < 4.78 is 0. The number of aryl methyl sites for hydroxylation is 1. The molecule has 0 aromatic carbocycles. The van der Waals surface area contributed by atoms with Crippen molar-refractivity contribution < 1.29 is 0 Å². The van der Waals surface area contributed by atoms with Gasteiger partial charge in [-0.15, -0.1) is 0 Å². The van der Waals surface area contributed by atoms with Crippen LogP contribution in [0.25, 0.3) is 0 Å². The van der Waals surface area contributed by atoms with Gasteiger partial charge in [0, 0.05) is 29.7 Å². The van der Waals surface area contributed by atoms with Crippen LogP contribution in [0.4, 0.5) is 0 Å². The van der Waals surface area contributed by atoms with Gasteiger partial charge in [0.2, 0.25) is 0 Å². The van der Waals surface area contributed by atoms with Crippen LogP contribution in [0.3, 0.4) is 0 Å². The zero-order chi connectivity index (χ0) is 12.1. The van der Waals surface area contributed by atoms with E-state index in [0.29, 0.717) is 5.92 Å². The summed E-state index contributed by atoms with van der Waals surface area (Å²) in [5.41, 5.74) is 3.64. The minimum Gasteiger partial charge on any atom is -0.261 e. The van der Waals surface area contributed by atoms with Crippen molar-refractivity contribution in [1.82, 2.24) is 9.97 Å². The highest BCUT2D eigenvalue weighted by atomic mass is 14.7. The van der Waals surface area contributed by atoms with Gasteiger partial charge in [0.05, 0.1) is 0 Å². The fraction of sp³-hybridized carbons (Fsp3) is 0.333. The van der Waals surface area contributed by atoms with Gasteiger partial charge in [-0.3, -0.25) is 9.97 Å². The molecule has 0 aliphatic carbocycles. The molecule has 1 unspecified atom stereocenters. The Kier molecular flexibility index (Phi) is 3.86. The molecule has 0 fully saturated rings. The van der Waals surface area contributed by atoms with Gasteiger partial charge in [-0.2, -0.15) is 0 Å². The van der Waals surface area contributed by atoms with E-state index in [0.717, 1.165) is 24.2 Å². The molecule has 0 aliphatic rings. The molecule has 0 saturated carbocycles. The van der Waals surface area contributed by atoms with E-state index in [1.165, 1.54) is 5.56 Å². The molecule has 0 N–H and O–H groups in total. The van der Waals surface area contributed by atoms with E-state index >= 15 is 0 Å². The number of rotatable bonds is 4. The van der Waals surface area contributed by atoms with E-state index in [1.807, 2.05) is 24.5 Å². The molecule has 0 saturated heterocycles. The lowest BCUT2D eigenvalue weighted by molar-refractivity contribution is 0.714. The first-order valence-corrected chi connectivity index (χ1v) is 6.14. The average Bonchev–Trinajstić information content (AvgIpc) is 2.40. The quantitative estimate of drug-likeness (QED) is 0.798. The number of nitrogens with zero attached hydrogens (tertiary/aromatic N) is 2. The van der Waals surface area contributed by atoms with E-state index in [2.05, 4.69) is 42.0 Å². The summed E-state index contributed by atoms with van der Waals surface area (Å²) in [7, 11) is 0. The molecule has 0 bridgehead atoms. The molecule has 0 spiro atoms. The maximum Gasteiger partial charge on any atom is 0.0435 e. The summed E-state index contributed by atoms with van der Waals surface area (Å²) >= 11 is 0. The third kappa shape index (κ3) is 3.13. The summed E-state index contributed by atoms with van der Waals surface area (Å²) in [6, 6.07) is 10.3. The van der Waals surface area contributed by atoms with Crippen LogP contribution in [0.1, 0.15) is 36.7 Å². The summed E-state index contributed by atoms with van der Waals surface area (Å²) in [5, 5.41) is 0. The van der Waals surface area contributed by atoms with E-state index in [9.17, 15) is 0 Å². The lowest BCUT2D eigenvalue weighted by Gasteiger charge is -2.10. The summed E-state index contributed by atoms with van der Waals surface area (Å²) in [6.07, 6.45) is 5.76. The number of aromatic nitrogens is 2. The van der Waals surface area contributed by atoms with E-state index < -0.39 is 0 Å². The van der Waals surface area contributed by atoms with Crippen LogP contribution in [-0.2, 0) is 12.8 Å². The van der Waals surface area contributed by atoms with E-state index in [-0.39, 0.29) is 0 Å². The van der Waals surface area contributed by atoms with Crippen LogP contribution in [0.15, 0.2) is 42.7 Å². The highest BCUT2D eigenvalue weighted by molar-refractivity contribution is 5.19. The second kappa shape index (κ2) is 5.58. The number of pyridine rings is 2. The van der Waals surface area contributed by atoms with Crippen molar-refractivity contribution in [3.63, 3.8) is 0 Å². The summed E-state index contributed by atoms with van der Waals surface area (Å²) in [6.45, 7) is 4.37. The van der Waals surface area contributed by atoms with Crippen LogP contribution in [0.5, 0.6) is 0 Å². The Morgan fingerprint density at radius 2 is 2.00 bits per heavy atom. The maximum atomic E-state index is 4.43. The number of hydrogen-bond acceptors (Lipinski definition) is 2. The van der Waals surface area contributed by atoms with Crippen molar-refractivity contribution in [2.75, 3.05) is 0 Å². The Bertz CT molecular complexity index is 465. The molecule has 2 aromatic rings. The molecule has 2 nitrogen and oxygen atoms in total. The fourth-order valence-corrected chi connectivity index (χ4v) is 1.95. The fourth-order valence-electron chi connectivity index (χ4n) is 1.95. The van der Waals surface area contributed by atoms with Crippen molar-refractivity contribution in [3.8, 4) is 0 Å². The Hall–Kier alpha value is -1.70. The predicted octanol–water partition coefficient (Wildman–Crippen LogP) is 3.39. The molecule has 2 aromatic heterocycles. The third-order valence-corrected chi connectivity index (χ3v) is 3.00. The van der Waals surface area contributed by atoms with Gasteiger partial charge in [0.1, 0.15) is 0 Å². The largest absolute Gasteiger partial charge is 0.261 e.